The maximum Gasteiger partial charge on any atom is 0.416 e. The zero-order valence-corrected chi connectivity index (χ0v) is 18.3. The maximum absolute atomic E-state index is 14.7. The number of terminal acetylenes is 1. The number of rotatable bonds is 4. The fourth-order valence-electron chi connectivity index (χ4n) is 3.53. The second-order valence-corrected chi connectivity index (χ2v) is 9.37. The first-order valence-corrected chi connectivity index (χ1v) is 11.2. The van der Waals surface area contributed by atoms with Crippen molar-refractivity contribution in [2.75, 3.05) is 21.5 Å². The van der Waals surface area contributed by atoms with E-state index in [1.165, 1.54) is 6.92 Å². The minimum atomic E-state index is -4.78. The monoisotopic (exact) mass is 487 g/mol. The molecule has 176 valence electrons. The van der Waals surface area contributed by atoms with E-state index in [4.69, 9.17) is 6.42 Å². The molecule has 1 aromatic heterocycles. The quantitative estimate of drug-likeness (QED) is 0.489. The van der Waals surface area contributed by atoms with Crippen LogP contribution < -0.4 is 9.21 Å². The third kappa shape index (κ3) is 4.64. The van der Waals surface area contributed by atoms with E-state index in [0.717, 1.165) is 30.0 Å². The number of pyridine rings is 1. The summed E-state index contributed by atoms with van der Waals surface area (Å²) < 4.78 is 94.2. The Balaban J connectivity index is 2.11. The van der Waals surface area contributed by atoms with E-state index >= 15 is 0 Å². The Morgan fingerprint density at radius 2 is 1.94 bits per heavy atom. The smallest absolute Gasteiger partial charge is 0.296 e. The summed E-state index contributed by atoms with van der Waals surface area (Å²) in [6.07, 6.45) is 0.226. The molecule has 1 atom stereocenters. The van der Waals surface area contributed by atoms with E-state index in [1.54, 1.807) is 0 Å². The van der Waals surface area contributed by atoms with Crippen LogP contribution in [0.2, 0.25) is 0 Å². The van der Waals surface area contributed by atoms with Crippen LogP contribution in [0.15, 0.2) is 24.3 Å². The molecule has 0 radical (unpaired) electrons. The van der Waals surface area contributed by atoms with Gasteiger partial charge in [-0.2, -0.15) is 13.2 Å². The van der Waals surface area contributed by atoms with Gasteiger partial charge in [-0.1, -0.05) is 5.92 Å². The lowest BCUT2D eigenvalue weighted by atomic mass is 10.1. The van der Waals surface area contributed by atoms with Crippen molar-refractivity contribution in [3.63, 3.8) is 0 Å². The number of hydrogen-bond acceptors (Lipinski definition) is 4. The molecule has 0 unspecified atom stereocenters. The molecule has 6 nitrogen and oxygen atoms in total. The number of hydrogen-bond donors (Lipinski definition) is 0. The van der Waals surface area contributed by atoms with Crippen LogP contribution in [0.25, 0.3) is 0 Å². The van der Waals surface area contributed by atoms with Gasteiger partial charge in [0.1, 0.15) is 17.7 Å². The Morgan fingerprint density at radius 3 is 2.55 bits per heavy atom. The van der Waals surface area contributed by atoms with E-state index in [2.05, 4.69) is 10.9 Å². The lowest BCUT2D eigenvalue weighted by Gasteiger charge is -2.29. The maximum atomic E-state index is 14.7. The molecule has 3 rings (SSSR count). The van der Waals surface area contributed by atoms with Crippen molar-refractivity contribution in [1.29, 1.82) is 0 Å². The van der Waals surface area contributed by atoms with Crippen molar-refractivity contribution in [1.82, 2.24) is 4.98 Å². The summed E-state index contributed by atoms with van der Waals surface area (Å²) in [6, 6.07) is 1.65. The minimum Gasteiger partial charge on any atom is -0.296 e. The molecule has 0 bridgehead atoms. The third-order valence-electron chi connectivity index (χ3n) is 5.12. The van der Waals surface area contributed by atoms with Gasteiger partial charge in [-0.3, -0.25) is 9.69 Å². The highest BCUT2D eigenvalue weighted by atomic mass is 32.2. The van der Waals surface area contributed by atoms with E-state index in [-0.39, 0.29) is 23.4 Å². The van der Waals surface area contributed by atoms with Crippen molar-refractivity contribution in [3.05, 3.63) is 52.7 Å². The second kappa shape index (κ2) is 8.62. The van der Waals surface area contributed by atoms with Gasteiger partial charge in [0, 0.05) is 11.3 Å². The summed E-state index contributed by atoms with van der Waals surface area (Å²) in [4.78, 5) is 18.0. The fraction of sp³-hybridized carbons (Fsp3) is 0.333. The molecule has 2 heterocycles. The van der Waals surface area contributed by atoms with Crippen LogP contribution in [0.4, 0.5) is 33.5 Å². The van der Waals surface area contributed by atoms with Gasteiger partial charge in [0.2, 0.25) is 10.0 Å². The minimum absolute atomic E-state index is 0.117. The Labute approximate surface area is 187 Å². The first-order chi connectivity index (χ1) is 15.3. The summed E-state index contributed by atoms with van der Waals surface area (Å²) in [5, 5.41) is 0. The van der Waals surface area contributed by atoms with Crippen molar-refractivity contribution in [2.45, 2.75) is 32.5 Å². The number of benzene rings is 1. The molecule has 1 fully saturated rings. The van der Waals surface area contributed by atoms with Gasteiger partial charge in [0.05, 0.1) is 23.5 Å². The van der Waals surface area contributed by atoms with Crippen molar-refractivity contribution < 1.29 is 35.2 Å². The number of anilines is 2. The average Bonchev–Trinajstić information content (AvgIpc) is 3.04. The molecule has 1 amide bonds. The normalized spacial score (nSPS) is 17.6. The molecule has 1 aliphatic rings. The van der Waals surface area contributed by atoms with Gasteiger partial charge < -0.3 is 0 Å². The van der Waals surface area contributed by atoms with Crippen LogP contribution in [0.5, 0.6) is 0 Å². The predicted molar refractivity (Wildman–Crippen MR) is 111 cm³/mol. The van der Waals surface area contributed by atoms with Crippen LogP contribution in [0, 0.1) is 37.8 Å². The Morgan fingerprint density at radius 1 is 1.27 bits per heavy atom. The highest BCUT2D eigenvalue weighted by molar-refractivity contribution is 7.93. The standard InChI is InChI=1S/C21H18F5N3O3S/c1-4-8-28(16-6-5-15(22)13(3)19(16)23)20(30)17-7-9-33(31,32)29(17)18-11-14(21(24,25)26)10-12(2)27-18/h1,5-6,10-11,17H,7-9H2,2-3H3/t17-/m0/s1. The number of aromatic nitrogens is 1. The number of carbonyl (C=O) groups excluding carboxylic acids is 1. The Bertz CT molecular complexity index is 1260. The second-order valence-electron chi connectivity index (χ2n) is 7.40. The zero-order chi connectivity index (χ0) is 24.7. The zero-order valence-electron chi connectivity index (χ0n) is 17.4. The van der Waals surface area contributed by atoms with Crippen molar-refractivity contribution >= 4 is 27.4 Å². The van der Waals surface area contributed by atoms with E-state index in [0.29, 0.717) is 10.4 Å². The van der Waals surface area contributed by atoms with E-state index < -0.39 is 63.5 Å². The molecule has 2 aromatic rings. The predicted octanol–water partition coefficient (Wildman–Crippen LogP) is 3.57. The van der Waals surface area contributed by atoms with Gasteiger partial charge in [0.25, 0.3) is 5.91 Å². The van der Waals surface area contributed by atoms with Crippen LogP contribution in [0.3, 0.4) is 0 Å². The van der Waals surface area contributed by atoms with Gasteiger partial charge in [-0.15, -0.1) is 6.42 Å². The molecule has 0 saturated carbocycles. The highest BCUT2D eigenvalue weighted by Gasteiger charge is 2.45. The molecule has 0 aliphatic carbocycles. The van der Waals surface area contributed by atoms with Gasteiger partial charge in [0.15, 0.2) is 5.82 Å². The number of alkyl halides is 3. The fourth-order valence-corrected chi connectivity index (χ4v) is 5.21. The molecular weight excluding hydrogens is 469 g/mol. The lowest BCUT2D eigenvalue weighted by Crippen LogP contribution is -2.48. The summed E-state index contributed by atoms with van der Waals surface area (Å²) >= 11 is 0. The molecule has 1 aliphatic heterocycles. The largest absolute Gasteiger partial charge is 0.416 e. The number of nitrogens with zero attached hydrogens (tertiary/aromatic N) is 3. The molecule has 12 heteroatoms. The van der Waals surface area contributed by atoms with Crippen LogP contribution in [-0.2, 0) is 21.0 Å². The number of sulfonamides is 1. The summed E-state index contributed by atoms with van der Waals surface area (Å²) in [6.45, 7) is 1.91. The average molecular weight is 487 g/mol. The van der Waals surface area contributed by atoms with Crippen molar-refractivity contribution in [2.24, 2.45) is 0 Å². The van der Waals surface area contributed by atoms with Crippen LogP contribution >= 0.6 is 0 Å². The van der Waals surface area contributed by atoms with Crippen LogP contribution in [-0.4, -0.2) is 37.6 Å². The SMILES string of the molecule is C#CCN(C(=O)[C@@H]1CCS(=O)(=O)N1c1cc(C(F)(F)F)cc(C)n1)c1ccc(F)c(C)c1F. The highest BCUT2D eigenvalue weighted by Crippen LogP contribution is 2.36. The number of halogens is 5. The van der Waals surface area contributed by atoms with Gasteiger partial charge >= 0.3 is 6.18 Å². The van der Waals surface area contributed by atoms with E-state index in [1.807, 2.05) is 0 Å². The summed E-state index contributed by atoms with van der Waals surface area (Å²) in [5.74, 6) is -1.89. The van der Waals surface area contributed by atoms with Gasteiger partial charge in [-0.05, 0) is 44.5 Å². The summed E-state index contributed by atoms with van der Waals surface area (Å²) in [5.41, 5.74) is -2.02. The lowest BCUT2D eigenvalue weighted by molar-refractivity contribution is -0.137. The molecule has 1 saturated heterocycles. The van der Waals surface area contributed by atoms with Crippen molar-refractivity contribution in [3.8, 4) is 12.3 Å². The molecule has 0 spiro atoms. The molecule has 1 aromatic carbocycles. The first kappa shape index (κ1) is 24.4. The Hall–Kier alpha value is -3.20. The van der Waals surface area contributed by atoms with E-state index in [9.17, 15) is 35.2 Å². The number of aryl methyl sites for hydroxylation is 1. The summed E-state index contributed by atoms with van der Waals surface area (Å²) in [7, 11) is -4.22. The van der Waals surface area contributed by atoms with Crippen LogP contribution in [0.1, 0.15) is 23.2 Å². The van der Waals surface area contributed by atoms with Gasteiger partial charge in [-0.25, -0.2) is 26.5 Å². The topological polar surface area (TPSA) is 70.6 Å². The number of amides is 1. The molecular formula is C21H18F5N3O3S. The third-order valence-corrected chi connectivity index (χ3v) is 6.91. The first-order valence-electron chi connectivity index (χ1n) is 9.55. The molecule has 33 heavy (non-hydrogen) atoms. The Kier molecular flexibility index (Phi) is 6.39. The number of carbonyl (C=O) groups is 1. The molecule has 0 N–H and O–H groups in total.